The van der Waals surface area contributed by atoms with Gasteiger partial charge in [-0.1, -0.05) is 39.8 Å². The molecule has 1 fully saturated rings. The van der Waals surface area contributed by atoms with Crippen molar-refractivity contribution < 1.29 is 4.39 Å². The summed E-state index contributed by atoms with van der Waals surface area (Å²) < 4.78 is 14.5. The molecule has 21 heavy (non-hydrogen) atoms. The molecule has 2 rings (SSSR count). The van der Waals surface area contributed by atoms with Gasteiger partial charge in [0, 0.05) is 24.7 Å². The standard InChI is InChI=1S/C18H29FN2/c1-6-18(7-2)12-21(16(11-20-18)13(3)4)17-14(5)9-8-10-15(17)19/h8-10,13,16,20H,6-7,11-12H2,1-5H3. The van der Waals surface area contributed by atoms with Gasteiger partial charge in [0.2, 0.25) is 0 Å². The van der Waals surface area contributed by atoms with Gasteiger partial charge in [0.05, 0.1) is 5.69 Å². The topological polar surface area (TPSA) is 15.3 Å². The number of hydrogen-bond acceptors (Lipinski definition) is 2. The number of para-hydroxylation sites is 1. The van der Waals surface area contributed by atoms with Gasteiger partial charge in [-0.3, -0.25) is 0 Å². The predicted octanol–water partition coefficient (Wildman–Crippen LogP) is 4.13. The molecule has 1 aliphatic heterocycles. The third kappa shape index (κ3) is 3.08. The van der Waals surface area contributed by atoms with Crippen LogP contribution in [-0.4, -0.2) is 24.7 Å². The van der Waals surface area contributed by atoms with Gasteiger partial charge in [-0.15, -0.1) is 0 Å². The first-order valence-electron chi connectivity index (χ1n) is 8.21. The molecule has 0 radical (unpaired) electrons. The van der Waals surface area contributed by atoms with Crippen molar-refractivity contribution in [1.29, 1.82) is 0 Å². The summed E-state index contributed by atoms with van der Waals surface area (Å²) in [5, 5.41) is 3.74. The molecular weight excluding hydrogens is 263 g/mol. The second-order valence-electron chi connectivity index (χ2n) is 6.71. The van der Waals surface area contributed by atoms with E-state index in [9.17, 15) is 4.39 Å². The molecule has 0 aromatic heterocycles. The number of halogens is 1. The molecule has 2 nitrogen and oxygen atoms in total. The van der Waals surface area contributed by atoms with E-state index in [0.29, 0.717) is 12.0 Å². The fourth-order valence-corrected chi connectivity index (χ4v) is 3.48. The largest absolute Gasteiger partial charge is 0.363 e. The van der Waals surface area contributed by atoms with E-state index in [2.05, 4.69) is 37.9 Å². The summed E-state index contributed by atoms with van der Waals surface area (Å²) in [5.74, 6) is 0.395. The van der Waals surface area contributed by atoms with Gasteiger partial charge in [0.15, 0.2) is 0 Å². The average Bonchev–Trinajstić information content (AvgIpc) is 2.46. The lowest BCUT2D eigenvalue weighted by Crippen LogP contribution is -2.65. The lowest BCUT2D eigenvalue weighted by atomic mass is 9.85. The molecule has 0 saturated carbocycles. The monoisotopic (exact) mass is 292 g/mol. The van der Waals surface area contributed by atoms with Crippen molar-refractivity contribution in [2.45, 2.75) is 59.0 Å². The van der Waals surface area contributed by atoms with Gasteiger partial charge >= 0.3 is 0 Å². The van der Waals surface area contributed by atoms with Crippen molar-refractivity contribution in [3.8, 4) is 0 Å². The van der Waals surface area contributed by atoms with Crippen molar-refractivity contribution in [1.82, 2.24) is 5.32 Å². The second-order valence-corrected chi connectivity index (χ2v) is 6.71. The van der Waals surface area contributed by atoms with Crippen molar-refractivity contribution in [2.75, 3.05) is 18.0 Å². The molecule has 1 heterocycles. The first-order chi connectivity index (χ1) is 9.94. The SMILES string of the molecule is CCC1(CC)CN(c2c(C)cccc2F)C(C(C)C)CN1. The van der Waals surface area contributed by atoms with E-state index in [1.807, 2.05) is 13.0 Å². The van der Waals surface area contributed by atoms with E-state index in [0.717, 1.165) is 37.2 Å². The highest BCUT2D eigenvalue weighted by Crippen LogP contribution is 2.33. The van der Waals surface area contributed by atoms with Crippen LogP contribution in [0.2, 0.25) is 0 Å². The van der Waals surface area contributed by atoms with Crippen LogP contribution in [0.3, 0.4) is 0 Å². The Morgan fingerprint density at radius 1 is 1.33 bits per heavy atom. The molecule has 1 unspecified atom stereocenters. The Bertz CT molecular complexity index is 460. The third-order valence-electron chi connectivity index (χ3n) is 5.16. The molecule has 118 valence electrons. The highest BCUT2D eigenvalue weighted by molar-refractivity contribution is 5.56. The van der Waals surface area contributed by atoms with E-state index in [4.69, 9.17) is 0 Å². The highest BCUT2D eigenvalue weighted by Gasteiger charge is 2.39. The smallest absolute Gasteiger partial charge is 0.146 e. The maximum absolute atomic E-state index is 14.5. The molecule has 1 aromatic rings. The van der Waals surface area contributed by atoms with Gasteiger partial charge in [-0.05, 0) is 37.3 Å². The first-order valence-corrected chi connectivity index (χ1v) is 8.21. The summed E-state index contributed by atoms with van der Waals surface area (Å²) in [5.41, 5.74) is 1.92. The number of aryl methyl sites for hydroxylation is 1. The van der Waals surface area contributed by atoms with Crippen LogP contribution in [0.1, 0.15) is 46.1 Å². The van der Waals surface area contributed by atoms with Crippen LogP contribution in [0.15, 0.2) is 18.2 Å². The Balaban J connectivity index is 2.43. The summed E-state index contributed by atoms with van der Waals surface area (Å²) in [6.07, 6.45) is 2.14. The quantitative estimate of drug-likeness (QED) is 0.897. The minimum absolute atomic E-state index is 0.0938. The zero-order valence-corrected chi connectivity index (χ0v) is 14.0. The first kappa shape index (κ1) is 16.3. The molecule has 1 atom stereocenters. The van der Waals surface area contributed by atoms with Crippen LogP contribution in [0.5, 0.6) is 0 Å². The summed E-state index contributed by atoms with van der Waals surface area (Å²) >= 11 is 0. The minimum Gasteiger partial charge on any atom is -0.363 e. The van der Waals surface area contributed by atoms with Gasteiger partial charge in [0.25, 0.3) is 0 Å². The van der Waals surface area contributed by atoms with Crippen LogP contribution >= 0.6 is 0 Å². The number of anilines is 1. The minimum atomic E-state index is -0.0938. The normalized spacial score (nSPS) is 21.9. The molecule has 1 aliphatic rings. The Morgan fingerprint density at radius 3 is 2.52 bits per heavy atom. The van der Waals surface area contributed by atoms with Crippen LogP contribution in [0, 0.1) is 18.7 Å². The second kappa shape index (κ2) is 6.35. The summed E-state index contributed by atoms with van der Waals surface area (Å²) in [7, 11) is 0. The molecule has 0 bridgehead atoms. The van der Waals surface area contributed by atoms with Gasteiger partial charge in [0.1, 0.15) is 5.82 Å². The summed E-state index contributed by atoms with van der Waals surface area (Å²) in [6.45, 7) is 12.7. The summed E-state index contributed by atoms with van der Waals surface area (Å²) in [6, 6.07) is 5.73. The van der Waals surface area contributed by atoms with Crippen LogP contribution in [-0.2, 0) is 0 Å². The summed E-state index contributed by atoms with van der Waals surface area (Å²) in [4.78, 5) is 2.32. The molecule has 3 heteroatoms. The molecular formula is C18H29FN2. The van der Waals surface area contributed by atoms with Crippen LogP contribution in [0.4, 0.5) is 10.1 Å². The Labute approximate surface area is 128 Å². The maximum atomic E-state index is 14.5. The van der Waals surface area contributed by atoms with Gasteiger partial charge in [-0.2, -0.15) is 0 Å². The number of piperazine rings is 1. The van der Waals surface area contributed by atoms with Crippen molar-refractivity contribution in [2.24, 2.45) is 5.92 Å². The van der Waals surface area contributed by atoms with E-state index < -0.39 is 0 Å². The number of nitrogens with one attached hydrogen (secondary N) is 1. The average molecular weight is 292 g/mol. The molecule has 1 N–H and O–H groups in total. The molecule has 0 aliphatic carbocycles. The number of benzene rings is 1. The van der Waals surface area contributed by atoms with Crippen molar-refractivity contribution >= 4 is 5.69 Å². The lowest BCUT2D eigenvalue weighted by molar-refractivity contribution is 0.226. The lowest BCUT2D eigenvalue weighted by Gasteiger charge is -2.50. The zero-order valence-electron chi connectivity index (χ0n) is 14.0. The number of nitrogens with zero attached hydrogens (tertiary/aromatic N) is 1. The van der Waals surface area contributed by atoms with E-state index in [1.54, 1.807) is 12.1 Å². The fourth-order valence-electron chi connectivity index (χ4n) is 3.48. The number of hydrogen-bond donors (Lipinski definition) is 1. The Hall–Kier alpha value is -1.09. The Morgan fingerprint density at radius 2 is 2.00 bits per heavy atom. The van der Waals surface area contributed by atoms with E-state index in [1.165, 1.54) is 0 Å². The Kier molecular flexibility index (Phi) is 4.92. The molecule has 0 spiro atoms. The number of rotatable bonds is 4. The fraction of sp³-hybridized carbons (Fsp3) is 0.667. The maximum Gasteiger partial charge on any atom is 0.146 e. The van der Waals surface area contributed by atoms with Gasteiger partial charge < -0.3 is 10.2 Å². The third-order valence-corrected chi connectivity index (χ3v) is 5.16. The van der Waals surface area contributed by atoms with Crippen LogP contribution < -0.4 is 10.2 Å². The van der Waals surface area contributed by atoms with Crippen LogP contribution in [0.25, 0.3) is 0 Å². The molecule has 1 saturated heterocycles. The highest BCUT2D eigenvalue weighted by atomic mass is 19.1. The van der Waals surface area contributed by atoms with Crippen molar-refractivity contribution in [3.05, 3.63) is 29.6 Å². The van der Waals surface area contributed by atoms with E-state index >= 15 is 0 Å². The molecule has 1 aromatic carbocycles. The van der Waals surface area contributed by atoms with Crippen molar-refractivity contribution in [3.63, 3.8) is 0 Å². The predicted molar refractivity (Wildman–Crippen MR) is 88.4 cm³/mol. The zero-order chi connectivity index (χ0) is 15.6. The molecule has 0 amide bonds. The van der Waals surface area contributed by atoms with E-state index in [-0.39, 0.29) is 11.4 Å². The van der Waals surface area contributed by atoms with Gasteiger partial charge in [-0.25, -0.2) is 4.39 Å².